The fourth-order valence-electron chi connectivity index (χ4n) is 1.83. The van der Waals surface area contributed by atoms with Crippen LogP contribution in [-0.2, 0) is 13.0 Å². The Morgan fingerprint density at radius 2 is 2.32 bits per heavy atom. The maximum atomic E-state index is 12.2. The summed E-state index contributed by atoms with van der Waals surface area (Å²) in [6, 6.07) is 7.51. The van der Waals surface area contributed by atoms with E-state index in [9.17, 15) is 4.79 Å². The average Bonchev–Trinajstić information content (AvgIpc) is 2.97. The van der Waals surface area contributed by atoms with Gasteiger partial charge in [0.05, 0.1) is 0 Å². The molecule has 0 atom stereocenters. The van der Waals surface area contributed by atoms with E-state index in [-0.39, 0.29) is 5.91 Å². The topological polar surface area (TPSA) is 75.0 Å². The molecule has 0 spiro atoms. The average molecular weight is 258 g/mol. The maximum Gasteiger partial charge on any atom is 0.272 e. The van der Waals surface area contributed by atoms with E-state index in [2.05, 4.69) is 9.97 Å². The van der Waals surface area contributed by atoms with Crippen molar-refractivity contribution >= 4 is 5.91 Å². The monoisotopic (exact) mass is 258 g/mol. The molecule has 5 heteroatoms. The Morgan fingerprint density at radius 3 is 3.00 bits per heavy atom. The number of H-pyrrole nitrogens is 1. The first-order valence-corrected chi connectivity index (χ1v) is 6.23. The van der Waals surface area contributed by atoms with Gasteiger partial charge in [-0.25, -0.2) is 0 Å². The summed E-state index contributed by atoms with van der Waals surface area (Å²) in [5.74, 6) is -0.0816. The fourth-order valence-corrected chi connectivity index (χ4v) is 1.83. The number of hydrogen-bond acceptors (Lipinski definition) is 3. The standard InChI is InChI=1S/C14H18N4O/c1-18(8-5-12-3-2-6-16-12)14(19)13-9-11(10-15)4-7-17-13/h2-4,6-7,9,16H,5,8,10,15H2,1H3. The third-order valence-electron chi connectivity index (χ3n) is 3.00. The molecule has 2 aromatic rings. The van der Waals surface area contributed by atoms with Gasteiger partial charge in [0.25, 0.3) is 5.91 Å². The number of aromatic nitrogens is 2. The smallest absolute Gasteiger partial charge is 0.272 e. The van der Waals surface area contributed by atoms with Crippen LogP contribution in [0.15, 0.2) is 36.7 Å². The first-order valence-electron chi connectivity index (χ1n) is 6.23. The lowest BCUT2D eigenvalue weighted by Crippen LogP contribution is -2.29. The van der Waals surface area contributed by atoms with Crippen LogP contribution in [0.4, 0.5) is 0 Å². The van der Waals surface area contributed by atoms with Gasteiger partial charge in [0, 0.05) is 44.6 Å². The van der Waals surface area contributed by atoms with E-state index in [1.54, 1.807) is 24.2 Å². The zero-order valence-corrected chi connectivity index (χ0v) is 11.0. The van der Waals surface area contributed by atoms with Crippen molar-refractivity contribution in [2.75, 3.05) is 13.6 Å². The highest BCUT2D eigenvalue weighted by molar-refractivity contribution is 5.92. The summed E-state index contributed by atoms with van der Waals surface area (Å²) in [5.41, 5.74) is 8.03. The summed E-state index contributed by atoms with van der Waals surface area (Å²) < 4.78 is 0. The van der Waals surface area contributed by atoms with E-state index in [4.69, 9.17) is 5.73 Å². The van der Waals surface area contributed by atoms with Crippen molar-refractivity contribution in [1.29, 1.82) is 0 Å². The molecule has 0 aliphatic carbocycles. The lowest BCUT2D eigenvalue weighted by atomic mass is 10.2. The number of rotatable bonds is 5. The van der Waals surface area contributed by atoms with Gasteiger partial charge in [0.15, 0.2) is 0 Å². The first kappa shape index (κ1) is 13.3. The van der Waals surface area contributed by atoms with Crippen LogP contribution in [-0.4, -0.2) is 34.4 Å². The molecular formula is C14H18N4O. The van der Waals surface area contributed by atoms with Crippen molar-refractivity contribution in [3.63, 3.8) is 0 Å². The zero-order chi connectivity index (χ0) is 13.7. The van der Waals surface area contributed by atoms with Gasteiger partial charge in [0.1, 0.15) is 5.69 Å². The lowest BCUT2D eigenvalue weighted by Gasteiger charge is -2.16. The molecule has 0 radical (unpaired) electrons. The number of amides is 1. The van der Waals surface area contributed by atoms with Gasteiger partial charge in [-0.2, -0.15) is 0 Å². The van der Waals surface area contributed by atoms with Gasteiger partial charge >= 0.3 is 0 Å². The summed E-state index contributed by atoms with van der Waals surface area (Å²) in [6.45, 7) is 1.06. The molecule has 0 aromatic carbocycles. The van der Waals surface area contributed by atoms with Crippen LogP contribution < -0.4 is 5.73 Å². The quantitative estimate of drug-likeness (QED) is 0.845. The summed E-state index contributed by atoms with van der Waals surface area (Å²) in [6.07, 6.45) is 4.30. The van der Waals surface area contributed by atoms with E-state index in [0.717, 1.165) is 17.7 Å². The van der Waals surface area contributed by atoms with Crippen LogP contribution in [0.25, 0.3) is 0 Å². The molecule has 0 unspecified atom stereocenters. The SMILES string of the molecule is CN(CCc1ccc[nH]1)C(=O)c1cc(CN)ccn1. The number of likely N-dealkylation sites (N-methyl/N-ethyl adjacent to an activating group) is 1. The van der Waals surface area contributed by atoms with Crippen molar-refractivity contribution in [2.24, 2.45) is 5.73 Å². The summed E-state index contributed by atoms with van der Waals surface area (Å²) in [7, 11) is 1.78. The highest BCUT2D eigenvalue weighted by Gasteiger charge is 2.13. The molecule has 5 nitrogen and oxygen atoms in total. The summed E-state index contributed by atoms with van der Waals surface area (Å²) in [5, 5.41) is 0. The summed E-state index contributed by atoms with van der Waals surface area (Å²) >= 11 is 0. The van der Waals surface area contributed by atoms with Crippen LogP contribution in [0.2, 0.25) is 0 Å². The number of hydrogen-bond donors (Lipinski definition) is 2. The molecule has 3 N–H and O–H groups in total. The summed E-state index contributed by atoms with van der Waals surface area (Å²) in [4.78, 5) is 21.1. The van der Waals surface area contributed by atoms with Crippen molar-refractivity contribution < 1.29 is 4.79 Å². The molecule has 0 fully saturated rings. The molecule has 1 amide bonds. The Labute approximate surface area is 112 Å². The molecule has 2 heterocycles. The van der Waals surface area contributed by atoms with Crippen LogP contribution in [0.5, 0.6) is 0 Å². The molecule has 0 saturated heterocycles. The minimum absolute atomic E-state index is 0.0816. The van der Waals surface area contributed by atoms with E-state index < -0.39 is 0 Å². The fraction of sp³-hybridized carbons (Fsp3) is 0.286. The van der Waals surface area contributed by atoms with Gasteiger partial charge in [-0.1, -0.05) is 0 Å². The van der Waals surface area contributed by atoms with Gasteiger partial charge in [-0.05, 0) is 29.8 Å². The third kappa shape index (κ3) is 3.42. The van der Waals surface area contributed by atoms with Crippen molar-refractivity contribution in [2.45, 2.75) is 13.0 Å². The number of nitrogens with zero attached hydrogens (tertiary/aromatic N) is 2. The van der Waals surface area contributed by atoms with E-state index in [1.165, 1.54) is 0 Å². The molecule has 0 aliphatic rings. The molecule has 2 rings (SSSR count). The Kier molecular flexibility index (Phi) is 4.30. The molecule has 0 aliphatic heterocycles. The Balaban J connectivity index is 1.97. The number of nitrogens with one attached hydrogen (secondary N) is 1. The molecule has 19 heavy (non-hydrogen) atoms. The largest absolute Gasteiger partial charge is 0.365 e. The van der Waals surface area contributed by atoms with Crippen LogP contribution in [0.1, 0.15) is 21.7 Å². The number of carbonyl (C=O) groups is 1. The van der Waals surface area contributed by atoms with Crippen LogP contribution >= 0.6 is 0 Å². The maximum absolute atomic E-state index is 12.2. The lowest BCUT2D eigenvalue weighted by molar-refractivity contribution is 0.0790. The predicted molar refractivity (Wildman–Crippen MR) is 73.6 cm³/mol. The number of carbonyl (C=O) groups excluding carboxylic acids is 1. The Bertz CT molecular complexity index is 536. The molecule has 2 aromatic heterocycles. The third-order valence-corrected chi connectivity index (χ3v) is 3.00. The Morgan fingerprint density at radius 1 is 1.47 bits per heavy atom. The minimum Gasteiger partial charge on any atom is -0.365 e. The first-order chi connectivity index (χ1) is 9.20. The van der Waals surface area contributed by atoms with Crippen molar-refractivity contribution in [3.8, 4) is 0 Å². The second kappa shape index (κ2) is 6.15. The van der Waals surface area contributed by atoms with E-state index in [1.807, 2.05) is 24.4 Å². The normalized spacial score (nSPS) is 10.4. The van der Waals surface area contributed by atoms with Gasteiger partial charge in [-0.3, -0.25) is 9.78 Å². The zero-order valence-electron chi connectivity index (χ0n) is 11.0. The molecule has 100 valence electrons. The van der Waals surface area contributed by atoms with Gasteiger partial charge in [0.2, 0.25) is 0 Å². The van der Waals surface area contributed by atoms with Gasteiger partial charge < -0.3 is 15.6 Å². The second-order valence-electron chi connectivity index (χ2n) is 4.43. The van der Waals surface area contributed by atoms with Gasteiger partial charge in [-0.15, -0.1) is 0 Å². The minimum atomic E-state index is -0.0816. The highest BCUT2D eigenvalue weighted by atomic mass is 16.2. The number of nitrogens with two attached hydrogens (primary N) is 1. The van der Waals surface area contributed by atoms with Crippen LogP contribution in [0, 0.1) is 0 Å². The van der Waals surface area contributed by atoms with E-state index in [0.29, 0.717) is 18.8 Å². The molecule has 0 saturated carbocycles. The Hall–Kier alpha value is -2.14. The van der Waals surface area contributed by atoms with Crippen LogP contribution in [0.3, 0.4) is 0 Å². The number of aromatic amines is 1. The predicted octanol–water partition coefficient (Wildman–Crippen LogP) is 1.18. The highest BCUT2D eigenvalue weighted by Crippen LogP contribution is 2.05. The van der Waals surface area contributed by atoms with Crippen molar-refractivity contribution in [1.82, 2.24) is 14.9 Å². The molecule has 0 bridgehead atoms. The van der Waals surface area contributed by atoms with Crippen molar-refractivity contribution in [3.05, 3.63) is 53.6 Å². The molecular weight excluding hydrogens is 240 g/mol. The second-order valence-corrected chi connectivity index (χ2v) is 4.43. The van der Waals surface area contributed by atoms with E-state index >= 15 is 0 Å². The number of pyridine rings is 1.